The summed E-state index contributed by atoms with van der Waals surface area (Å²) in [6, 6.07) is 22.8. The van der Waals surface area contributed by atoms with Gasteiger partial charge >= 0.3 is 0 Å². The molecular weight excluding hydrogens is 442 g/mol. The van der Waals surface area contributed by atoms with E-state index >= 15 is 0 Å². The Morgan fingerprint density at radius 1 is 1.03 bits per heavy atom. The Kier molecular flexibility index (Phi) is 5.76. The Morgan fingerprint density at radius 3 is 2.35 bits per heavy atom. The zero-order valence-corrected chi connectivity index (χ0v) is 20.2. The van der Waals surface area contributed by atoms with Gasteiger partial charge in [0.1, 0.15) is 0 Å². The molecule has 1 saturated carbocycles. The van der Waals surface area contributed by atoms with E-state index in [1.54, 1.807) is 26.1 Å². The number of halogens is 1. The Labute approximate surface area is 205 Å². The third-order valence-corrected chi connectivity index (χ3v) is 7.26. The van der Waals surface area contributed by atoms with E-state index < -0.39 is 5.60 Å². The summed E-state index contributed by atoms with van der Waals surface area (Å²) in [6.45, 7) is 3.31. The van der Waals surface area contributed by atoms with Gasteiger partial charge in [0.05, 0.1) is 27.5 Å². The average molecular weight is 470 g/mol. The van der Waals surface area contributed by atoms with Crippen molar-refractivity contribution < 1.29 is 5.11 Å². The van der Waals surface area contributed by atoms with Crippen LogP contribution in [0.2, 0.25) is 0 Å². The molecule has 5 rings (SSSR count). The van der Waals surface area contributed by atoms with Crippen LogP contribution in [0.4, 0.5) is 0 Å². The minimum Gasteiger partial charge on any atom is -0.385 e. The van der Waals surface area contributed by atoms with Crippen LogP contribution < -0.4 is 5.73 Å². The quantitative estimate of drug-likeness (QED) is 0.343. The summed E-state index contributed by atoms with van der Waals surface area (Å²) in [7, 11) is 0. The number of hydrogen-bond donors (Lipinski definition) is 2. The first kappa shape index (κ1) is 22.7. The van der Waals surface area contributed by atoms with Crippen LogP contribution in [0.3, 0.4) is 0 Å². The molecule has 5 heteroatoms. The molecule has 4 nitrogen and oxygen atoms in total. The Morgan fingerprint density at radius 2 is 1.74 bits per heavy atom. The molecule has 0 spiro atoms. The molecular formula is C29H28ClN3O. The molecule has 0 unspecified atom stereocenters. The summed E-state index contributed by atoms with van der Waals surface area (Å²) in [5.74, 6) is 0. The minimum atomic E-state index is -1.15. The molecule has 0 aliphatic heterocycles. The predicted octanol–water partition coefficient (Wildman–Crippen LogP) is 6.65. The van der Waals surface area contributed by atoms with Crippen LogP contribution in [0.5, 0.6) is 0 Å². The van der Waals surface area contributed by atoms with Crippen molar-refractivity contribution in [1.82, 2.24) is 9.97 Å². The van der Waals surface area contributed by atoms with E-state index in [4.69, 9.17) is 22.3 Å². The second-order valence-electron chi connectivity index (χ2n) is 9.65. The normalized spacial score (nSPS) is 15.9. The molecule has 0 atom stereocenters. The molecule has 2 aromatic carbocycles. The van der Waals surface area contributed by atoms with E-state index in [-0.39, 0.29) is 5.54 Å². The molecule has 1 aliphatic carbocycles. The van der Waals surface area contributed by atoms with E-state index in [2.05, 4.69) is 47.4 Å². The number of benzene rings is 2. The van der Waals surface area contributed by atoms with Gasteiger partial charge < -0.3 is 10.8 Å². The molecule has 3 N–H and O–H groups in total. The summed E-state index contributed by atoms with van der Waals surface area (Å²) < 4.78 is 0. The van der Waals surface area contributed by atoms with Crippen molar-refractivity contribution in [3.05, 3.63) is 89.2 Å². The number of nitrogens with zero attached hydrogens (tertiary/aromatic N) is 2. The first-order valence-corrected chi connectivity index (χ1v) is 12.0. The molecule has 2 aromatic heterocycles. The average Bonchev–Trinajstić information content (AvgIpc) is 2.82. The molecule has 172 valence electrons. The molecule has 1 aliphatic rings. The molecule has 4 aromatic rings. The largest absolute Gasteiger partial charge is 0.385 e. The van der Waals surface area contributed by atoms with Crippen LogP contribution in [0.1, 0.15) is 44.4 Å². The molecule has 1 fully saturated rings. The summed E-state index contributed by atoms with van der Waals surface area (Å²) >= 11 is 6.38. The Hall–Kier alpha value is -3.05. The van der Waals surface area contributed by atoms with Crippen LogP contribution in [0.15, 0.2) is 78.0 Å². The van der Waals surface area contributed by atoms with Gasteiger partial charge in [-0.2, -0.15) is 0 Å². The van der Waals surface area contributed by atoms with Crippen LogP contribution in [-0.4, -0.2) is 20.7 Å². The minimum absolute atomic E-state index is 0.190. The highest BCUT2D eigenvalue weighted by atomic mass is 35.5. The van der Waals surface area contributed by atoms with Gasteiger partial charge in [0.25, 0.3) is 0 Å². The highest BCUT2D eigenvalue weighted by Crippen LogP contribution is 2.40. The van der Waals surface area contributed by atoms with Crippen molar-refractivity contribution in [3.63, 3.8) is 0 Å². The van der Waals surface area contributed by atoms with Crippen LogP contribution >= 0.6 is 11.6 Å². The summed E-state index contributed by atoms with van der Waals surface area (Å²) in [5, 5.41) is 11.5. The topological polar surface area (TPSA) is 72.0 Å². The van der Waals surface area contributed by atoms with Crippen molar-refractivity contribution >= 4 is 28.6 Å². The zero-order chi connectivity index (χ0) is 23.9. The maximum atomic E-state index is 10.3. The van der Waals surface area contributed by atoms with Gasteiger partial charge in [-0.05, 0) is 62.4 Å². The SMILES string of the molecule is CC(C)(O)/C(Cl)=C/c1nccc2nc(-c3ccc(C4(N)CCC4)cc3)c(-c3ccccc3)cc12. The predicted molar refractivity (Wildman–Crippen MR) is 140 cm³/mol. The van der Waals surface area contributed by atoms with Crippen molar-refractivity contribution in [2.75, 3.05) is 0 Å². The fourth-order valence-electron chi connectivity index (χ4n) is 4.39. The third kappa shape index (κ3) is 4.25. The molecule has 0 bridgehead atoms. The number of aliphatic hydroxyl groups is 1. The number of pyridine rings is 2. The van der Waals surface area contributed by atoms with Crippen LogP contribution in [0.25, 0.3) is 39.4 Å². The molecule has 2 heterocycles. The monoisotopic (exact) mass is 469 g/mol. The van der Waals surface area contributed by atoms with E-state index in [1.807, 2.05) is 24.3 Å². The fourth-order valence-corrected chi connectivity index (χ4v) is 4.50. The molecule has 0 amide bonds. The summed E-state index contributed by atoms with van der Waals surface area (Å²) in [4.78, 5) is 9.60. The highest BCUT2D eigenvalue weighted by Gasteiger charge is 2.34. The second-order valence-corrected chi connectivity index (χ2v) is 10.1. The Balaban J connectivity index is 1.69. The lowest BCUT2D eigenvalue weighted by Gasteiger charge is -2.38. The van der Waals surface area contributed by atoms with Gasteiger partial charge in [-0.3, -0.25) is 4.98 Å². The first-order chi connectivity index (χ1) is 16.2. The van der Waals surface area contributed by atoms with Crippen molar-refractivity contribution in [2.24, 2.45) is 5.73 Å². The number of fused-ring (bicyclic) bond motifs is 1. The van der Waals surface area contributed by atoms with Crippen molar-refractivity contribution in [2.45, 2.75) is 44.2 Å². The molecule has 34 heavy (non-hydrogen) atoms. The van der Waals surface area contributed by atoms with E-state index in [0.29, 0.717) is 10.7 Å². The van der Waals surface area contributed by atoms with Gasteiger partial charge in [0, 0.05) is 28.2 Å². The number of nitrogens with two attached hydrogens (primary N) is 1. The highest BCUT2D eigenvalue weighted by molar-refractivity contribution is 6.32. The third-order valence-electron chi connectivity index (χ3n) is 6.69. The summed E-state index contributed by atoms with van der Waals surface area (Å²) in [6.07, 6.45) is 6.69. The van der Waals surface area contributed by atoms with Gasteiger partial charge in [0.2, 0.25) is 0 Å². The van der Waals surface area contributed by atoms with Crippen LogP contribution in [0, 0.1) is 0 Å². The molecule has 0 saturated heterocycles. The van der Waals surface area contributed by atoms with Crippen molar-refractivity contribution in [3.8, 4) is 22.4 Å². The van der Waals surface area contributed by atoms with Crippen LogP contribution in [-0.2, 0) is 5.54 Å². The fraction of sp³-hybridized carbons (Fsp3) is 0.241. The Bertz CT molecular complexity index is 1370. The maximum Gasteiger partial charge on any atom is 0.0946 e. The zero-order valence-electron chi connectivity index (χ0n) is 19.4. The number of aromatic nitrogens is 2. The smallest absolute Gasteiger partial charge is 0.0946 e. The van der Waals surface area contributed by atoms with Crippen molar-refractivity contribution in [1.29, 1.82) is 0 Å². The van der Waals surface area contributed by atoms with E-state index in [0.717, 1.165) is 46.1 Å². The van der Waals surface area contributed by atoms with Gasteiger partial charge in [0.15, 0.2) is 0 Å². The lowest BCUT2D eigenvalue weighted by atomic mass is 9.72. The molecule has 0 radical (unpaired) electrons. The lowest BCUT2D eigenvalue weighted by molar-refractivity contribution is 0.129. The van der Waals surface area contributed by atoms with E-state index in [9.17, 15) is 5.11 Å². The standard InChI is InChI=1S/C29H28ClN3O/c1-28(2,34)26(30)18-25-23-17-22(19-7-4-3-5-8-19)27(33-24(23)13-16-32-25)20-9-11-21(12-10-20)29(31)14-6-15-29/h3-5,7-13,16-18,34H,6,14-15,31H2,1-2H3/b26-18-. The van der Waals surface area contributed by atoms with E-state index in [1.165, 1.54) is 12.0 Å². The van der Waals surface area contributed by atoms with Gasteiger partial charge in [-0.1, -0.05) is 66.2 Å². The second kappa shape index (κ2) is 8.62. The maximum absolute atomic E-state index is 10.3. The summed E-state index contributed by atoms with van der Waals surface area (Å²) in [5.41, 5.74) is 11.9. The number of hydrogen-bond acceptors (Lipinski definition) is 4. The van der Waals surface area contributed by atoms with Gasteiger partial charge in [-0.15, -0.1) is 0 Å². The lowest BCUT2D eigenvalue weighted by Crippen LogP contribution is -2.43. The number of rotatable bonds is 5. The first-order valence-electron chi connectivity index (χ1n) is 11.6. The van der Waals surface area contributed by atoms with Gasteiger partial charge in [-0.25, -0.2) is 4.98 Å².